The fraction of sp³-hybridized carbons (Fsp3) is 0.467. The molecule has 0 radical (unpaired) electrons. The van der Waals surface area contributed by atoms with Crippen LogP contribution < -0.4 is 10.2 Å². The van der Waals surface area contributed by atoms with Gasteiger partial charge in [0.05, 0.1) is 6.42 Å². The van der Waals surface area contributed by atoms with E-state index in [1.807, 2.05) is 23.1 Å². The topological polar surface area (TPSA) is 104 Å². The summed E-state index contributed by atoms with van der Waals surface area (Å²) in [5.74, 6) is 0.618. The molecule has 0 saturated carbocycles. The summed E-state index contributed by atoms with van der Waals surface area (Å²) in [5, 5.41) is 20.7. The number of pyridine rings is 1. The molecule has 1 fully saturated rings. The molecule has 8 heteroatoms. The number of nitrogens with one attached hydrogen (secondary N) is 1. The van der Waals surface area contributed by atoms with E-state index in [0.29, 0.717) is 30.9 Å². The van der Waals surface area contributed by atoms with Crippen molar-refractivity contribution >= 4 is 11.7 Å². The molecule has 2 aromatic heterocycles. The Labute approximate surface area is 133 Å². The van der Waals surface area contributed by atoms with Gasteiger partial charge in [0.15, 0.2) is 0 Å². The number of nitrogens with zero attached hydrogens (tertiary/aromatic N) is 4. The number of hydrogen-bond donors (Lipinski definition) is 2. The molecule has 0 aliphatic carbocycles. The third-order valence-electron chi connectivity index (χ3n) is 3.99. The van der Waals surface area contributed by atoms with E-state index < -0.39 is 5.60 Å². The number of rotatable bonds is 5. The van der Waals surface area contributed by atoms with Gasteiger partial charge in [-0.1, -0.05) is 16.4 Å². The zero-order valence-electron chi connectivity index (χ0n) is 12.9. The first-order valence-corrected chi connectivity index (χ1v) is 7.49. The molecule has 0 bridgehead atoms. The molecule has 8 nitrogen and oxygen atoms in total. The molecule has 23 heavy (non-hydrogen) atoms. The van der Waals surface area contributed by atoms with Crippen molar-refractivity contribution in [2.75, 3.05) is 24.5 Å². The number of carbonyl (C=O) groups excluding carboxylic acids is 1. The van der Waals surface area contributed by atoms with Crippen molar-refractivity contribution in [1.82, 2.24) is 20.6 Å². The van der Waals surface area contributed by atoms with Gasteiger partial charge in [-0.3, -0.25) is 4.79 Å². The van der Waals surface area contributed by atoms with E-state index in [1.54, 1.807) is 13.1 Å². The van der Waals surface area contributed by atoms with Gasteiger partial charge in [-0.15, -0.1) is 0 Å². The second-order valence-corrected chi connectivity index (χ2v) is 5.83. The molecule has 3 heterocycles. The Kier molecular flexibility index (Phi) is 4.24. The summed E-state index contributed by atoms with van der Waals surface area (Å²) >= 11 is 0. The molecular weight excluding hydrogens is 298 g/mol. The van der Waals surface area contributed by atoms with E-state index in [4.69, 9.17) is 0 Å². The number of β-amino-alcohol motifs (C(OH)–C–C–N with tert-alkyl or cyclic N) is 1. The fourth-order valence-electron chi connectivity index (χ4n) is 2.62. The predicted molar refractivity (Wildman–Crippen MR) is 81.8 cm³/mol. The summed E-state index contributed by atoms with van der Waals surface area (Å²) in [5.41, 5.74) is 0.154. The Morgan fingerprint density at radius 2 is 2.35 bits per heavy atom. The lowest BCUT2D eigenvalue weighted by atomic mass is 10.0. The second-order valence-electron chi connectivity index (χ2n) is 5.83. The fourth-order valence-corrected chi connectivity index (χ4v) is 2.62. The van der Waals surface area contributed by atoms with Crippen molar-refractivity contribution in [1.29, 1.82) is 0 Å². The highest BCUT2D eigenvalue weighted by Gasteiger charge is 2.36. The third-order valence-corrected chi connectivity index (χ3v) is 3.99. The summed E-state index contributed by atoms with van der Waals surface area (Å²) in [6.07, 6.45) is 2.40. The lowest BCUT2D eigenvalue weighted by molar-refractivity contribution is -0.121. The summed E-state index contributed by atoms with van der Waals surface area (Å²) in [6, 6.07) is 5.67. The van der Waals surface area contributed by atoms with Crippen molar-refractivity contribution in [2.45, 2.75) is 25.4 Å². The third kappa shape index (κ3) is 3.65. The highest BCUT2D eigenvalue weighted by atomic mass is 16.6. The second kappa shape index (κ2) is 6.33. The van der Waals surface area contributed by atoms with E-state index in [-0.39, 0.29) is 18.9 Å². The van der Waals surface area contributed by atoms with Gasteiger partial charge in [0.2, 0.25) is 5.91 Å². The standard InChI is InChI=1S/C15H19N5O3/c1-11-12(19-23-18-11)8-14(21)17-9-15(22)5-7-20(10-15)13-4-2-3-6-16-13/h2-4,6,22H,5,7-10H2,1H3,(H,17,21)/t15-/m1/s1. The molecule has 2 N–H and O–H groups in total. The smallest absolute Gasteiger partial charge is 0.226 e. The molecule has 2 aromatic rings. The highest BCUT2D eigenvalue weighted by molar-refractivity contribution is 5.78. The molecule has 1 amide bonds. The molecule has 1 atom stereocenters. The monoisotopic (exact) mass is 317 g/mol. The number of anilines is 1. The van der Waals surface area contributed by atoms with Crippen molar-refractivity contribution in [3.8, 4) is 0 Å². The molecular formula is C15H19N5O3. The number of aromatic nitrogens is 3. The summed E-state index contributed by atoms with van der Waals surface area (Å²) in [6.45, 7) is 3.07. The largest absolute Gasteiger partial charge is 0.386 e. The number of hydrogen-bond acceptors (Lipinski definition) is 7. The van der Waals surface area contributed by atoms with Crippen LogP contribution in [0.2, 0.25) is 0 Å². The molecule has 0 aromatic carbocycles. The average molecular weight is 317 g/mol. The lowest BCUT2D eigenvalue weighted by Crippen LogP contribution is -2.45. The van der Waals surface area contributed by atoms with Crippen LogP contribution in [0.3, 0.4) is 0 Å². The number of carbonyl (C=O) groups is 1. The minimum Gasteiger partial charge on any atom is -0.386 e. The van der Waals surface area contributed by atoms with Gasteiger partial charge in [0, 0.05) is 25.8 Å². The number of aryl methyl sites for hydroxylation is 1. The molecule has 3 rings (SSSR count). The average Bonchev–Trinajstić information content (AvgIpc) is 3.14. The number of aliphatic hydroxyl groups is 1. The maximum Gasteiger partial charge on any atom is 0.226 e. The first kappa shape index (κ1) is 15.4. The maximum absolute atomic E-state index is 12.0. The van der Waals surface area contributed by atoms with Gasteiger partial charge in [0.1, 0.15) is 22.8 Å². The highest BCUT2D eigenvalue weighted by Crippen LogP contribution is 2.24. The van der Waals surface area contributed by atoms with Crippen molar-refractivity contribution < 1.29 is 14.5 Å². The Hall–Kier alpha value is -2.48. The summed E-state index contributed by atoms with van der Waals surface area (Å²) < 4.78 is 4.56. The normalized spacial score (nSPS) is 20.7. The first-order chi connectivity index (χ1) is 11.1. The predicted octanol–water partition coefficient (Wildman–Crippen LogP) is 0.0731. The first-order valence-electron chi connectivity index (χ1n) is 7.49. The summed E-state index contributed by atoms with van der Waals surface area (Å²) in [7, 11) is 0. The van der Waals surface area contributed by atoms with Gasteiger partial charge in [-0.25, -0.2) is 9.61 Å². The van der Waals surface area contributed by atoms with Gasteiger partial charge >= 0.3 is 0 Å². The van der Waals surface area contributed by atoms with E-state index >= 15 is 0 Å². The summed E-state index contributed by atoms with van der Waals surface area (Å²) in [4.78, 5) is 18.3. The van der Waals surface area contributed by atoms with Gasteiger partial charge in [-0.2, -0.15) is 0 Å². The van der Waals surface area contributed by atoms with Gasteiger partial charge in [0.25, 0.3) is 0 Å². The van der Waals surface area contributed by atoms with E-state index in [1.165, 1.54) is 0 Å². The number of amides is 1. The van der Waals surface area contributed by atoms with E-state index in [9.17, 15) is 9.90 Å². The van der Waals surface area contributed by atoms with Crippen LogP contribution >= 0.6 is 0 Å². The quantitative estimate of drug-likeness (QED) is 0.804. The van der Waals surface area contributed by atoms with Crippen LogP contribution in [-0.2, 0) is 11.2 Å². The van der Waals surface area contributed by atoms with Crippen molar-refractivity contribution in [3.05, 3.63) is 35.8 Å². The Morgan fingerprint density at radius 1 is 1.48 bits per heavy atom. The van der Waals surface area contributed by atoms with Crippen LogP contribution in [0.1, 0.15) is 17.8 Å². The Bertz CT molecular complexity index is 675. The minimum atomic E-state index is -0.954. The lowest BCUT2D eigenvalue weighted by Gasteiger charge is -2.24. The Balaban J connectivity index is 1.52. The van der Waals surface area contributed by atoms with Crippen LogP contribution in [0.4, 0.5) is 5.82 Å². The molecule has 122 valence electrons. The van der Waals surface area contributed by atoms with Crippen LogP contribution in [0.15, 0.2) is 29.0 Å². The van der Waals surface area contributed by atoms with E-state index in [0.717, 1.165) is 5.82 Å². The van der Waals surface area contributed by atoms with Gasteiger partial charge in [-0.05, 0) is 25.5 Å². The molecule has 1 aliphatic heterocycles. The molecule has 1 saturated heterocycles. The van der Waals surface area contributed by atoms with E-state index in [2.05, 4.69) is 25.2 Å². The van der Waals surface area contributed by atoms with Crippen molar-refractivity contribution in [2.24, 2.45) is 0 Å². The Morgan fingerprint density at radius 3 is 3.04 bits per heavy atom. The maximum atomic E-state index is 12.0. The SMILES string of the molecule is Cc1nonc1CC(=O)NC[C@]1(O)CCN(c2ccccn2)C1. The van der Waals surface area contributed by atoms with Gasteiger partial charge < -0.3 is 15.3 Å². The van der Waals surface area contributed by atoms with Crippen molar-refractivity contribution in [3.63, 3.8) is 0 Å². The zero-order valence-corrected chi connectivity index (χ0v) is 12.9. The minimum absolute atomic E-state index is 0.0926. The van der Waals surface area contributed by atoms with Crippen LogP contribution in [-0.4, -0.2) is 51.5 Å². The molecule has 0 spiro atoms. The molecule has 0 unspecified atom stereocenters. The zero-order chi connectivity index (χ0) is 16.3. The van der Waals surface area contributed by atoms with Crippen LogP contribution in [0, 0.1) is 6.92 Å². The molecule has 1 aliphatic rings. The van der Waals surface area contributed by atoms with Crippen LogP contribution in [0.5, 0.6) is 0 Å². The van der Waals surface area contributed by atoms with Crippen LogP contribution in [0.25, 0.3) is 0 Å².